The van der Waals surface area contributed by atoms with Gasteiger partial charge in [0.2, 0.25) is 0 Å². The first kappa shape index (κ1) is 24.7. The first-order valence-corrected chi connectivity index (χ1v) is 12.3. The lowest BCUT2D eigenvalue weighted by atomic mass is 10.0. The van der Waals surface area contributed by atoms with E-state index in [-0.39, 0.29) is 34.2 Å². The molecule has 1 heterocycles. The lowest BCUT2D eigenvalue weighted by Gasteiger charge is -2.31. The standard InChI is InChI=1S/C22H26ClN3O6S/c1-3-32-22(28)26-11-9-17(10-12-26)24-21(27)15-5-4-6-18(13-15)33(29,30)25-19-14-16(23)7-8-20(19)31-2/h4-8,13-14,17,25H,3,9-12H2,1-2H3,(H,24,27). The summed E-state index contributed by atoms with van der Waals surface area (Å²) in [5.74, 6) is -0.0759. The normalized spacial score (nSPS) is 14.5. The van der Waals surface area contributed by atoms with Gasteiger partial charge in [-0.05, 0) is 56.2 Å². The van der Waals surface area contributed by atoms with Crippen molar-refractivity contribution in [2.45, 2.75) is 30.7 Å². The number of ether oxygens (including phenoxy) is 2. The maximum Gasteiger partial charge on any atom is 0.409 e. The Kier molecular flexibility index (Phi) is 8.04. The molecule has 2 N–H and O–H groups in total. The SMILES string of the molecule is CCOC(=O)N1CCC(NC(=O)c2cccc(S(=O)(=O)Nc3cc(Cl)ccc3OC)c2)CC1. The third kappa shape index (κ3) is 6.29. The smallest absolute Gasteiger partial charge is 0.409 e. The van der Waals surface area contributed by atoms with E-state index in [1.807, 2.05) is 0 Å². The molecule has 0 spiro atoms. The summed E-state index contributed by atoms with van der Waals surface area (Å²) in [5.41, 5.74) is 0.400. The minimum atomic E-state index is -4.00. The number of carbonyl (C=O) groups excluding carboxylic acids is 2. The number of benzene rings is 2. The fraction of sp³-hybridized carbons (Fsp3) is 0.364. The third-order valence-corrected chi connectivity index (χ3v) is 6.77. The van der Waals surface area contributed by atoms with Crippen molar-refractivity contribution < 1.29 is 27.5 Å². The second kappa shape index (κ2) is 10.8. The first-order chi connectivity index (χ1) is 15.7. The van der Waals surface area contributed by atoms with Crippen molar-refractivity contribution in [3.8, 4) is 5.75 Å². The maximum atomic E-state index is 12.9. The van der Waals surface area contributed by atoms with E-state index < -0.39 is 10.0 Å². The Labute approximate surface area is 198 Å². The first-order valence-electron chi connectivity index (χ1n) is 10.4. The number of likely N-dealkylation sites (tertiary alicyclic amines) is 1. The molecule has 0 saturated carbocycles. The highest BCUT2D eigenvalue weighted by Gasteiger charge is 2.25. The van der Waals surface area contributed by atoms with Crippen molar-refractivity contribution in [1.29, 1.82) is 0 Å². The Morgan fingerprint density at radius 3 is 2.55 bits per heavy atom. The molecule has 2 aromatic rings. The van der Waals surface area contributed by atoms with E-state index in [1.54, 1.807) is 30.0 Å². The summed E-state index contributed by atoms with van der Waals surface area (Å²) in [4.78, 5) is 26.1. The summed E-state index contributed by atoms with van der Waals surface area (Å²) >= 11 is 5.98. The number of nitrogens with zero attached hydrogens (tertiary/aromatic N) is 1. The van der Waals surface area contributed by atoms with Gasteiger partial charge in [0.15, 0.2) is 0 Å². The van der Waals surface area contributed by atoms with Crippen molar-refractivity contribution >= 4 is 39.3 Å². The Hall–Kier alpha value is -2.98. The van der Waals surface area contributed by atoms with Crippen LogP contribution in [0, 0.1) is 0 Å². The number of hydrogen-bond donors (Lipinski definition) is 2. The quantitative estimate of drug-likeness (QED) is 0.607. The largest absolute Gasteiger partial charge is 0.495 e. The lowest BCUT2D eigenvalue weighted by Crippen LogP contribution is -2.46. The van der Waals surface area contributed by atoms with Crippen LogP contribution >= 0.6 is 11.6 Å². The van der Waals surface area contributed by atoms with Gasteiger partial charge in [-0.2, -0.15) is 0 Å². The number of hydrogen-bond acceptors (Lipinski definition) is 6. The van der Waals surface area contributed by atoms with Crippen LogP contribution in [0.3, 0.4) is 0 Å². The minimum absolute atomic E-state index is 0.0747. The molecule has 0 aliphatic carbocycles. The van der Waals surface area contributed by atoms with Crippen molar-refractivity contribution in [2.75, 3.05) is 31.5 Å². The molecule has 2 amide bonds. The van der Waals surface area contributed by atoms with Gasteiger partial charge in [0, 0.05) is 29.7 Å². The van der Waals surface area contributed by atoms with Crippen LogP contribution in [0.5, 0.6) is 5.75 Å². The van der Waals surface area contributed by atoms with Crippen LogP contribution in [0.25, 0.3) is 0 Å². The number of piperidine rings is 1. The van der Waals surface area contributed by atoms with Gasteiger partial charge in [0.1, 0.15) is 5.75 Å². The zero-order chi connectivity index (χ0) is 24.0. The van der Waals surface area contributed by atoms with Gasteiger partial charge < -0.3 is 19.7 Å². The molecule has 1 aliphatic rings. The van der Waals surface area contributed by atoms with Crippen LogP contribution in [0.4, 0.5) is 10.5 Å². The van der Waals surface area contributed by atoms with Crippen molar-refractivity contribution in [2.24, 2.45) is 0 Å². The predicted molar refractivity (Wildman–Crippen MR) is 124 cm³/mol. The Morgan fingerprint density at radius 1 is 1.15 bits per heavy atom. The Morgan fingerprint density at radius 2 is 1.88 bits per heavy atom. The zero-order valence-corrected chi connectivity index (χ0v) is 19.9. The number of methoxy groups -OCH3 is 1. The summed E-state index contributed by atoms with van der Waals surface area (Å²) in [5, 5.41) is 3.25. The number of sulfonamides is 1. The monoisotopic (exact) mass is 495 g/mol. The molecule has 178 valence electrons. The van der Waals surface area contributed by atoms with Gasteiger partial charge in [0.05, 0.1) is 24.3 Å². The molecule has 1 fully saturated rings. The van der Waals surface area contributed by atoms with E-state index in [2.05, 4.69) is 10.0 Å². The predicted octanol–water partition coefficient (Wildman–Crippen LogP) is 3.50. The molecule has 1 saturated heterocycles. The number of amides is 2. The average molecular weight is 496 g/mol. The Balaban J connectivity index is 1.67. The van der Waals surface area contributed by atoms with E-state index in [1.165, 1.54) is 31.4 Å². The average Bonchev–Trinajstić information content (AvgIpc) is 2.79. The number of anilines is 1. The highest BCUT2D eigenvalue weighted by atomic mass is 35.5. The Bertz CT molecular complexity index is 1120. The van der Waals surface area contributed by atoms with Crippen LogP contribution in [0.1, 0.15) is 30.1 Å². The van der Waals surface area contributed by atoms with Crippen molar-refractivity contribution in [1.82, 2.24) is 10.2 Å². The summed E-state index contributed by atoms with van der Waals surface area (Å²) in [6.45, 7) is 3.01. The van der Waals surface area contributed by atoms with E-state index in [4.69, 9.17) is 21.1 Å². The van der Waals surface area contributed by atoms with Gasteiger partial charge in [-0.3, -0.25) is 9.52 Å². The van der Waals surface area contributed by atoms with Crippen LogP contribution in [0.15, 0.2) is 47.4 Å². The fourth-order valence-electron chi connectivity index (χ4n) is 3.46. The lowest BCUT2D eigenvalue weighted by molar-refractivity contribution is 0.0860. The van der Waals surface area contributed by atoms with Crippen molar-refractivity contribution in [3.05, 3.63) is 53.1 Å². The fourth-order valence-corrected chi connectivity index (χ4v) is 4.74. The molecule has 0 aromatic heterocycles. The molecule has 11 heteroatoms. The van der Waals surface area contributed by atoms with Gasteiger partial charge in [-0.15, -0.1) is 0 Å². The molecule has 3 rings (SSSR count). The van der Waals surface area contributed by atoms with Gasteiger partial charge in [-0.25, -0.2) is 13.2 Å². The summed E-state index contributed by atoms with van der Waals surface area (Å²) in [6.07, 6.45) is 0.807. The molecule has 2 aromatic carbocycles. The summed E-state index contributed by atoms with van der Waals surface area (Å²) < 4.78 is 38.4. The number of halogens is 1. The van der Waals surface area contributed by atoms with Crippen molar-refractivity contribution in [3.63, 3.8) is 0 Å². The minimum Gasteiger partial charge on any atom is -0.495 e. The molecule has 9 nitrogen and oxygen atoms in total. The third-order valence-electron chi connectivity index (χ3n) is 5.17. The molecule has 0 unspecified atom stereocenters. The highest BCUT2D eigenvalue weighted by molar-refractivity contribution is 7.92. The van der Waals surface area contributed by atoms with Gasteiger partial charge in [0.25, 0.3) is 15.9 Å². The molecule has 1 aliphatic heterocycles. The molecule has 0 atom stereocenters. The second-order valence-corrected chi connectivity index (χ2v) is 9.53. The number of carbonyl (C=O) groups is 2. The van der Waals surface area contributed by atoms with Gasteiger partial charge >= 0.3 is 6.09 Å². The topological polar surface area (TPSA) is 114 Å². The van der Waals surface area contributed by atoms with Crippen LogP contribution in [-0.4, -0.2) is 58.2 Å². The van der Waals surface area contributed by atoms with Crippen LogP contribution < -0.4 is 14.8 Å². The highest BCUT2D eigenvalue weighted by Crippen LogP contribution is 2.30. The molecule has 0 radical (unpaired) electrons. The summed E-state index contributed by atoms with van der Waals surface area (Å²) in [6, 6.07) is 10.2. The molecule has 0 bridgehead atoms. The van der Waals surface area contributed by atoms with E-state index >= 15 is 0 Å². The molecule has 33 heavy (non-hydrogen) atoms. The van der Waals surface area contributed by atoms with Crippen LogP contribution in [-0.2, 0) is 14.8 Å². The molecular formula is C22H26ClN3O6S. The summed E-state index contributed by atoms with van der Waals surface area (Å²) in [7, 11) is -2.58. The van der Waals surface area contributed by atoms with E-state index in [0.717, 1.165) is 0 Å². The number of rotatable bonds is 7. The van der Waals surface area contributed by atoms with Crippen LogP contribution in [0.2, 0.25) is 5.02 Å². The van der Waals surface area contributed by atoms with E-state index in [0.29, 0.717) is 43.3 Å². The molecular weight excluding hydrogens is 470 g/mol. The second-order valence-electron chi connectivity index (χ2n) is 7.41. The maximum absolute atomic E-state index is 12.9. The number of nitrogens with one attached hydrogen (secondary N) is 2. The van der Waals surface area contributed by atoms with Gasteiger partial charge in [-0.1, -0.05) is 17.7 Å². The zero-order valence-electron chi connectivity index (χ0n) is 18.3. The van der Waals surface area contributed by atoms with E-state index in [9.17, 15) is 18.0 Å².